The maximum Gasteiger partial charge on any atom is 0.198 e. The molecule has 0 fully saturated rings. The molecule has 0 aliphatic carbocycles. The van der Waals surface area contributed by atoms with Crippen LogP contribution in [0.25, 0.3) is 0 Å². The molecule has 0 aromatic heterocycles. The van der Waals surface area contributed by atoms with E-state index in [0.717, 1.165) is 0 Å². The molecule has 0 amide bonds. The predicted molar refractivity (Wildman–Crippen MR) is 56.7 cm³/mol. The van der Waals surface area contributed by atoms with Crippen molar-refractivity contribution in [1.82, 2.24) is 10.2 Å². The van der Waals surface area contributed by atoms with E-state index in [9.17, 15) is 4.39 Å². The Morgan fingerprint density at radius 1 is 1.43 bits per heavy atom. The molecule has 0 bridgehead atoms. The Bertz CT molecular complexity index is 274. The van der Waals surface area contributed by atoms with E-state index in [1.54, 1.807) is 0 Å². The molecular weight excluding hydrogens is 181 g/mol. The number of hydrogen-bond donors (Lipinski definition) is 1. The highest BCUT2D eigenvalue weighted by molar-refractivity contribution is 5.81. The van der Waals surface area contributed by atoms with Crippen molar-refractivity contribution in [2.45, 2.75) is 26.8 Å². The molecule has 0 spiro atoms. The first-order valence-electron chi connectivity index (χ1n) is 4.69. The second-order valence-electron chi connectivity index (χ2n) is 4.80. The quantitative estimate of drug-likeness (QED) is 0.643. The zero-order chi connectivity index (χ0) is 10.9. The number of nitrogens with zero attached hydrogens (tertiary/aromatic N) is 2. The van der Waals surface area contributed by atoms with Crippen LogP contribution in [0.4, 0.5) is 4.39 Å². The van der Waals surface area contributed by atoms with Crippen LogP contribution in [0.5, 0.6) is 0 Å². The highest BCUT2D eigenvalue weighted by atomic mass is 19.1. The fourth-order valence-corrected chi connectivity index (χ4v) is 1.31. The summed E-state index contributed by atoms with van der Waals surface area (Å²) in [5.41, 5.74) is -0.155. The molecule has 1 aliphatic rings. The van der Waals surface area contributed by atoms with Crippen molar-refractivity contribution >= 4 is 5.96 Å². The van der Waals surface area contributed by atoms with E-state index in [4.69, 9.17) is 0 Å². The Hall–Kier alpha value is -1.06. The summed E-state index contributed by atoms with van der Waals surface area (Å²) in [6.07, 6.45) is 1.29. The lowest BCUT2D eigenvalue weighted by atomic mass is 9.86. The Labute approximate surface area is 84.7 Å². The van der Waals surface area contributed by atoms with Crippen LogP contribution >= 0.6 is 0 Å². The van der Waals surface area contributed by atoms with Gasteiger partial charge in [-0.25, -0.2) is 9.38 Å². The first-order valence-corrected chi connectivity index (χ1v) is 4.69. The molecule has 1 atom stereocenters. The predicted octanol–water partition coefficient (Wildman–Crippen LogP) is 1.73. The average Bonchev–Trinajstić information content (AvgIpc) is 2.02. The van der Waals surface area contributed by atoms with Crippen LogP contribution in [0.15, 0.2) is 17.0 Å². The molecule has 80 valence electrons. The number of guanidine groups is 1. The van der Waals surface area contributed by atoms with Crippen LogP contribution in [0.1, 0.15) is 20.8 Å². The molecule has 0 saturated heterocycles. The Morgan fingerprint density at radius 3 is 2.43 bits per heavy atom. The van der Waals surface area contributed by atoms with E-state index in [2.05, 4.69) is 10.3 Å². The van der Waals surface area contributed by atoms with Crippen LogP contribution in [0.3, 0.4) is 0 Å². The molecule has 1 heterocycles. The van der Waals surface area contributed by atoms with Crippen LogP contribution in [-0.4, -0.2) is 31.0 Å². The number of aliphatic imine (C=N–C) groups is 1. The van der Waals surface area contributed by atoms with E-state index in [-0.39, 0.29) is 17.3 Å². The minimum absolute atomic E-state index is 0.155. The first-order chi connectivity index (χ1) is 6.32. The molecule has 14 heavy (non-hydrogen) atoms. The van der Waals surface area contributed by atoms with Gasteiger partial charge >= 0.3 is 0 Å². The summed E-state index contributed by atoms with van der Waals surface area (Å²) < 4.78 is 13.5. The summed E-state index contributed by atoms with van der Waals surface area (Å²) >= 11 is 0. The van der Waals surface area contributed by atoms with E-state index >= 15 is 0 Å². The van der Waals surface area contributed by atoms with Crippen molar-refractivity contribution in [2.24, 2.45) is 10.4 Å². The van der Waals surface area contributed by atoms with Crippen molar-refractivity contribution in [2.75, 3.05) is 14.1 Å². The van der Waals surface area contributed by atoms with Gasteiger partial charge < -0.3 is 10.2 Å². The normalized spacial score (nSPS) is 22.3. The molecule has 1 rings (SSSR count). The number of hydrogen-bond acceptors (Lipinski definition) is 3. The molecule has 0 saturated carbocycles. The molecular formula is C10H18FN3. The van der Waals surface area contributed by atoms with Gasteiger partial charge in [-0.1, -0.05) is 20.8 Å². The van der Waals surface area contributed by atoms with Crippen molar-refractivity contribution < 1.29 is 4.39 Å². The minimum atomic E-state index is -0.294. The summed E-state index contributed by atoms with van der Waals surface area (Å²) in [6.45, 7) is 5.99. The monoisotopic (exact) mass is 199 g/mol. The van der Waals surface area contributed by atoms with Gasteiger partial charge in [-0.15, -0.1) is 0 Å². The fourth-order valence-electron chi connectivity index (χ4n) is 1.31. The van der Waals surface area contributed by atoms with Crippen molar-refractivity contribution in [1.29, 1.82) is 0 Å². The fraction of sp³-hybridized carbons (Fsp3) is 0.700. The smallest absolute Gasteiger partial charge is 0.198 e. The standard InChI is InChI=1S/C10H18FN3/c1-10(2,3)8-7(11)6-12-9(13-8)14(4)5/h6,8H,1-5H3,(H,12,13). The summed E-state index contributed by atoms with van der Waals surface area (Å²) in [4.78, 5) is 5.80. The van der Waals surface area contributed by atoms with Crippen molar-refractivity contribution in [3.63, 3.8) is 0 Å². The number of halogens is 1. The maximum atomic E-state index is 13.5. The number of nitrogens with one attached hydrogen (secondary N) is 1. The molecule has 0 aromatic rings. The van der Waals surface area contributed by atoms with E-state index in [1.807, 2.05) is 39.8 Å². The van der Waals surface area contributed by atoms with Gasteiger partial charge in [0.05, 0.1) is 12.2 Å². The third-order valence-corrected chi connectivity index (χ3v) is 2.15. The van der Waals surface area contributed by atoms with Gasteiger partial charge in [0.25, 0.3) is 0 Å². The summed E-state index contributed by atoms with van der Waals surface area (Å²) in [5, 5.41) is 3.08. The van der Waals surface area contributed by atoms with Crippen LogP contribution in [0, 0.1) is 5.41 Å². The van der Waals surface area contributed by atoms with Gasteiger partial charge in [0.15, 0.2) is 5.96 Å². The Morgan fingerprint density at radius 2 is 2.00 bits per heavy atom. The molecule has 0 aromatic carbocycles. The maximum absolute atomic E-state index is 13.5. The Kier molecular flexibility index (Phi) is 2.83. The minimum Gasteiger partial charge on any atom is -0.349 e. The molecule has 1 N–H and O–H groups in total. The molecule has 3 nitrogen and oxygen atoms in total. The van der Waals surface area contributed by atoms with Gasteiger partial charge in [0.2, 0.25) is 0 Å². The zero-order valence-corrected chi connectivity index (χ0v) is 9.43. The van der Waals surface area contributed by atoms with Crippen LogP contribution in [-0.2, 0) is 0 Å². The SMILES string of the molecule is CN(C)C1=NC=C(F)C(C(C)(C)C)N1. The van der Waals surface area contributed by atoms with Crippen LogP contribution in [0.2, 0.25) is 0 Å². The van der Waals surface area contributed by atoms with Gasteiger partial charge in [-0.3, -0.25) is 0 Å². The van der Waals surface area contributed by atoms with Crippen molar-refractivity contribution in [3.8, 4) is 0 Å². The molecule has 1 aliphatic heterocycles. The average molecular weight is 199 g/mol. The highest BCUT2D eigenvalue weighted by Gasteiger charge is 2.31. The second-order valence-corrected chi connectivity index (χ2v) is 4.80. The van der Waals surface area contributed by atoms with Gasteiger partial charge in [-0.2, -0.15) is 0 Å². The second kappa shape index (κ2) is 3.59. The van der Waals surface area contributed by atoms with E-state index < -0.39 is 0 Å². The van der Waals surface area contributed by atoms with Gasteiger partial charge in [-0.05, 0) is 5.41 Å². The molecule has 0 radical (unpaired) electrons. The zero-order valence-electron chi connectivity index (χ0n) is 9.43. The summed E-state index contributed by atoms with van der Waals surface area (Å²) in [5.74, 6) is 0.495. The van der Waals surface area contributed by atoms with E-state index in [1.165, 1.54) is 6.20 Å². The third kappa shape index (κ3) is 2.25. The Balaban J connectivity index is 2.87. The lowest BCUT2D eigenvalue weighted by Crippen LogP contribution is -2.50. The lowest BCUT2D eigenvalue weighted by Gasteiger charge is -2.34. The topological polar surface area (TPSA) is 27.6 Å². The van der Waals surface area contributed by atoms with E-state index in [0.29, 0.717) is 5.96 Å². The molecule has 4 heteroatoms. The van der Waals surface area contributed by atoms with Gasteiger partial charge in [0, 0.05) is 14.1 Å². The third-order valence-electron chi connectivity index (χ3n) is 2.15. The molecule has 1 unspecified atom stereocenters. The summed E-state index contributed by atoms with van der Waals surface area (Å²) in [7, 11) is 3.76. The number of rotatable bonds is 0. The van der Waals surface area contributed by atoms with Crippen LogP contribution < -0.4 is 5.32 Å². The first kappa shape index (κ1) is 11.0. The van der Waals surface area contributed by atoms with Crippen molar-refractivity contribution in [3.05, 3.63) is 12.0 Å². The summed E-state index contributed by atoms with van der Waals surface area (Å²) in [6, 6.07) is -0.294. The highest BCUT2D eigenvalue weighted by Crippen LogP contribution is 2.27. The largest absolute Gasteiger partial charge is 0.349 e. The van der Waals surface area contributed by atoms with Gasteiger partial charge in [0.1, 0.15) is 5.83 Å². The lowest BCUT2D eigenvalue weighted by molar-refractivity contribution is 0.283.